The molecule has 2 N–H and O–H groups in total. The van der Waals surface area contributed by atoms with E-state index in [0.717, 1.165) is 30.5 Å². The highest BCUT2D eigenvalue weighted by molar-refractivity contribution is 7.10. The lowest BCUT2D eigenvalue weighted by molar-refractivity contribution is -0.121. The molecule has 1 atom stereocenters. The predicted molar refractivity (Wildman–Crippen MR) is 106 cm³/mol. The zero-order valence-electron chi connectivity index (χ0n) is 15.5. The number of aryl methyl sites for hydroxylation is 2. The summed E-state index contributed by atoms with van der Waals surface area (Å²) >= 11 is 1.79. The molecule has 1 aliphatic heterocycles. The van der Waals surface area contributed by atoms with E-state index in [0.29, 0.717) is 5.69 Å². The molecule has 1 unspecified atom stereocenters. The van der Waals surface area contributed by atoms with Crippen LogP contribution >= 0.6 is 11.3 Å². The molecule has 5 nitrogen and oxygen atoms in total. The SMILES string of the molecule is CCC1c2ccsc2CCN1CC(=O)NC(=O)Nc1ccc(C)cc1C. The molecule has 1 aromatic carbocycles. The molecule has 0 saturated heterocycles. The molecule has 3 amide bonds. The van der Waals surface area contributed by atoms with Crippen molar-refractivity contribution in [2.24, 2.45) is 0 Å². The average Bonchev–Trinajstić information content (AvgIpc) is 3.05. The zero-order valence-corrected chi connectivity index (χ0v) is 16.3. The monoisotopic (exact) mass is 371 g/mol. The van der Waals surface area contributed by atoms with Crippen molar-refractivity contribution in [1.29, 1.82) is 0 Å². The van der Waals surface area contributed by atoms with Crippen LogP contribution in [0.2, 0.25) is 0 Å². The summed E-state index contributed by atoms with van der Waals surface area (Å²) in [7, 11) is 0. The van der Waals surface area contributed by atoms with Crippen LogP contribution in [0.4, 0.5) is 10.5 Å². The number of nitrogens with one attached hydrogen (secondary N) is 2. The van der Waals surface area contributed by atoms with Gasteiger partial charge in [0.15, 0.2) is 0 Å². The van der Waals surface area contributed by atoms with Crippen LogP contribution in [0.15, 0.2) is 29.6 Å². The number of fused-ring (bicyclic) bond motifs is 1. The van der Waals surface area contributed by atoms with E-state index < -0.39 is 6.03 Å². The third-order valence-corrected chi connectivity index (χ3v) is 5.82. The molecule has 138 valence electrons. The predicted octanol–water partition coefficient (Wildman–Crippen LogP) is 4.02. The fraction of sp³-hybridized carbons (Fsp3) is 0.400. The number of thiophene rings is 1. The topological polar surface area (TPSA) is 61.4 Å². The number of carbonyl (C=O) groups is 2. The number of imide groups is 1. The standard InChI is InChI=1S/C20H25N3O2S/c1-4-17-15-8-10-26-18(15)7-9-23(17)12-19(24)22-20(25)21-16-6-5-13(2)11-14(16)3/h5-6,8,10-11,17H,4,7,9,12H2,1-3H3,(H2,21,22,24,25). The van der Waals surface area contributed by atoms with Crippen LogP contribution in [0.5, 0.6) is 0 Å². The van der Waals surface area contributed by atoms with E-state index in [1.807, 2.05) is 32.0 Å². The average molecular weight is 372 g/mol. The Morgan fingerprint density at radius 2 is 2.08 bits per heavy atom. The molecule has 2 heterocycles. The smallest absolute Gasteiger partial charge is 0.307 e. The number of rotatable bonds is 4. The summed E-state index contributed by atoms with van der Waals surface area (Å²) in [6.45, 7) is 7.14. The second-order valence-electron chi connectivity index (χ2n) is 6.76. The van der Waals surface area contributed by atoms with E-state index >= 15 is 0 Å². The van der Waals surface area contributed by atoms with Gasteiger partial charge < -0.3 is 5.32 Å². The Labute approximate surface area is 158 Å². The van der Waals surface area contributed by atoms with Crippen LogP contribution in [0, 0.1) is 13.8 Å². The number of urea groups is 1. The lowest BCUT2D eigenvalue weighted by Crippen LogP contribution is -2.44. The number of hydrogen-bond acceptors (Lipinski definition) is 4. The number of benzene rings is 1. The van der Waals surface area contributed by atoms with Crippen LogP contribution in [0.25, 0.3) is 0 Å². The zero-order chi connectivity index (χ0) is 18.7. The van der Waals surface area contributed by atoms with Gasteiger partial charge in [-0.25, -0.2) is 4.79 Å². The van der Waals surface area contributed by atoms with Crippen LogP contribution in [0.1, 0.15) is 41.0 Å². The van der Waals surface area contributed by atoms with Gasteiger partial charge in [-0.1, -0.05) is 24.6 Å². The molecule has 2 aromatic rings. The van der Waals surface area contributed by atoms with Crippen molar-refractivity contribution in [3.05, 3.63) is 51.2 Å². The molecule has 0 fully saturated rings. The Bertz CT molecular complexity index is 815. The highest BCUT2D eigenvalue weighted by atomic mass is 32.1. The Morgan fingerprint density at radius 3 is 2.81 bits per heavy atom. The van der Waals surface area contributed by atoms with Gasteiger partial charge >= 0.3 is 6.03 Å². The summed E-state index contributed by atoms with van der Waals surface area (Å²) in [5, 5.41) is 7.33. The Kier molecular flexibility index (Phi) is 5.74. The number of anilines is 1. The first-order chi connectivity index (χ1) is 12.5. The molecule has 3 rings (SSSR count). The van der Waals surface area contributed by atoms with Crippen molar-refractivity contribution in [2.75, 3.05) is 18.4 Å². The minimum Gasteiger partial charge on any atom is -0.307 e. The minimum atomic E-state index is -0.483. The Hall–Kier alpha value is -2.18. The van der Waals surface area contributed by atoms with E-state index in [-0.39, 0.29) is 18.5 Å². The van der Waals surface area contributed by atoms with E-state index in [2.05, 4.69) is 33.9 Å². The first-order valence-electron chi connectivity index (χ1n) is 8.96. The van der Waals surface area contributed by atoms with Gasteiger partial charge in [-0.05, 0) is 55.3 Å². The van der Waals surface area contributed by atoms with Crippen molar-refractivity contribution >= 4 is 29.0 Å². The lowest BCUT2D eigenvalue weighted by Gasteiger charge is -2.34. The normalized spacial score (nSPS) is 16.8. The van der Waals surface area contributed by atoms with E-state index in [4.69, 9.17) is 0 Å². The third kappa shape index (κ3) is 4.14. The first kappa shape index (κ1) is 18.6. The second kappa shape index (κ2) is 8.01. The third-order valence-electron chi connectivity index (χ3n) is 4.82. The molecule has 0 aliphatic carbocycles. The summed E-state index contributed by atoms with van der Waals surface area (Å²) in [5.74, 6) is -0.274. The van der Waals surface area contributed by atoms with Crippen LogP contribution in [-0.4, -0.2) is 29.9 Å². The van der Waals surface area contributed by atoms with Gasteiger partial charge in [0.2, 0.25) is 5.91 Å². The summed E-state index contributed by atoms with van der Waals surface area (Å²) in [5.41, 5.74) is 4.15. The maximum Gasteiger partial charge on any atom is 0.325 e. The molecule has 1 aliphatic rings. The summed E-state index contributed by atoms with van der Waals surface area (Å²) in [6.07, 6.45) is 1.91. The number of carbonyl (C=O) groups excluding carboxylic acids is 2. The van der Waals surface area contributed by atoms with Gasteiger partial charge in [0.25, 0.3) is 0 Å². The van der Waals surface area contributed by atoms with Crippen molar-refractivity contribution in [1.82, 2.24) is 10.2 Å². The van der Waals surface area contributed by atoms with Gasteiger partial charge in [-0.15, -0.1) is 11.3 Å². The van der Waals surface area contributed by atoms with E-state index in [1.165, 1.54) is 10.4 Å². The molecular formula is C20H25N3O2S. The van der Waals surface area contributed by atoms with Gasteiger partial charge in [0, 0.05) is 23.2 Å². The molecule has 1 aromatic heterocycles. The molecule has 6 heteroatoms. The van der Waals surface area contributed by atoms with Gasteiger partial charge in [0.1, 0.15) is 0 Å². The lowest BCUT2D eigenvalue weighted by atomic mass is 9.98. The van der Waals surface area contributed by atoms with Crippen LogP contribution in [0.3, 0.4) is 0 Å². The quantitative estimate of drug-likeness (QED) is 0.853. The summed E-state index contributed by atoms with van der Waals surface area (Å²) in [4.78, 5) is 28.1. The Balaban J connectivity index is 1.57. The summed E-state index contributed by atoms with van der Waals surface area (Å²) < 4.78 is 0. The fourth-order valence-electron chi connectivity index (χ4n) is 3.57. The van der Waals surface area contributed by atoms with Crippen molar-refractivity contribution in [3.63, 3.8) is 0 Å². The van der Waals surface area contributed by atoms with Crippen molar-refractivity contribution < 1.29 is 9.59 Å². The molecular weight excluding hydrogens is 346 g/mol. The molecule has 0 radical (unpaired) electrons. The minimum absolute atomic E-state index is 0.230. The highest BCUT2D eigenvalue weighted by Crippen LogP contribution is 2.34. The maximum atomic E-state index is 12.4. The van der Waals surface area contributed by atoms with Crippen LogP contribution < -0.4 is 10.6 Å². The molecule has 0 spiro atoms. The largest absolute Gasteiger partial charge is 0.325 e. The number of nitrogens with zero attached hydrogens (tertiary/aromatic N) is 1. The number of amides is 3. The molecule has 0 saturated carbocycles. The first-order valence-corrected chi connectivity index (χ1v) is 9.84. The fourth-order valence-corrected chi connectivity index (χ4v) is 4.50. The molecule has 0 bridgehead atoms. The van der Waals surface area contributed by atoms with Gasteiger partial charge in [0.05, 0.1) is 6.54 Å². The summed E-state index contributed by atoms with van der Waals surface area (Å²) in [6, 6.07) is 7.70. The van der Waals surface area contributed by atoms with Gasteiger partial charge in [-0.2, -0.15) is 0 Å². The van der Waals surface area contributed by atoms with Crippen LogP contribution in [-0.2, 0) is 11.2 Å². The van der Waals surface area contributed by atoms with Crippen molar-refractivity contribution in [2.45, 2.75) is 39.7 Å². The Morgan fingerprint density at radius 1 is 1.27 bits per heavy atom. The second-order valence-corrected chi connectivity index (χ2v) is 7.76. The van der Waals surface area contributed by atoms with Crippen molar-refractivity contribution in [3.8, 4) is 0 Å². The van der Waals surface area contributed by atoms with E-state index in [1.54, 1.807) is 11.3 Å². The van der Waals surface area contributed by atoms with E-state index in [9.17, 15) is 9.59 Å². The maximum absolute atomic E-state index is 12.4. The molecule has 26 heavy (non-hydrogen) atoms. The van der Waals surface area contributed by atoms with Gasteiger partial charge in [-0.3, -0.25) is 15.0 Å². The highest BCUT2D eigenvalue weighted by Gasteiger charge is 2.28. The number of hydrogen-bond donors (Lipinski definition) is 2.